The van der Waals surface area contributed by atoms with Crippen molar-refractivity contribution in [2.45, 2.75) is 86.4 Å². The van der Waals surface area contributed by atoms with Crippen molar-refractivity contribution in [2.24, 2.45) is 0 Å². The predicted octanol–water partition coefficient (Wildman–Crippen LogP) is 5.34. The third kappa shape index (κ3) is 4.74. The molecular formula is C28H36N4O3S. The first kappa shape index (κ1) is 25.1. The van der Waals surface area contributed by atoms with Crippen LogP contribution in [-0.4, -0.2) is 38.7 Å². The average molecular weight is 509 g/mol. The number of hydrogen-bond acceptors (Lipinski definition) is 6. The van der Waals surface area contributed by atoms with Crippen molar-refractivity contribution < 1.29 is 14.3 Å². The van der Waals surface area contributed by atoms with E-state index in [-0.39, 0.29) is 5.91 Å². The number of rotatable bonds is 4. The highest BCUT2D eigenvalue weighted by Gasteiger charge is 2.29. The fraction of sp³-hybridized carbons (Fsp3) is 0.536. The van der Waals surface area contributed by atoms with Crippen molar-refractivity contribution in [3.8, 4) is 0 Å². The van der Waals surface area contributed by atoms with Crippen LogP contribution in [0.3, 0.4) is 0 Å². The van der Waals surface area contributed by atoms with Crippen LogP contribution in [0, 0.1) is 41.5 Å². The molecule has 4 heterocycles. The first-order valence-electron chi connectivity index (χ1n) is 12.8. The second-order valence-corrected chi connectivity index (χ2v) is 11.2. The summed E-state index contributed by atoms with van der Waals surface area (Å²) in [5, 5.41) is 7.62. The van der Waals surface area contributed by atoms with Crippen molar-refractivity contribution in [3.63, 3.8) is 0 Å². The summed E-state index contributed by atoms with van der Waals surface area (Å²) in [6.07, 6.45) is 1.39. The lowest BCUT2D eigenvalue weighted by Crippen LogP contribution is -2.40. The highest BCUT2D eigenvalue weighted by molar-refractivity contribution is 7.09. The molecule has 36 heavy (non-hydrogen) atoms. The van der Waals surface area contributed by atoms with Gasteiger partial charge in [0, 0.05) is 30.1 Å². The molecule has 1 aromatic carbocycles. The summed E-state index contributed by atoms with van der Waals surface area (Å²) in [5.74, 6) is 0.495. The minimum absolute atomic E-state index is 0.135. The summed E-state index contributed by atoms with van der Waals surface area (Å²) >= 11 is 1.68. The third-order valence-electron chi connectivity index (χ3n) is 8.08. The fourth-order valence-electron chi connectivity index (χ4n) is 5.43. The van der Waals surface area contributed by atoms with Crippen molar-refractivity contribution in [3.05, 3.63) is 66.9 Å². The molecule has 0 aliphatic carbocycles. The van der Waals surface area contributed by atoms with Gasteiger partial charge in [0.15, 0.2) is 0 Å². The van der Waals surface area contributed by atoms with E-state index in [0.29, 0.717) is 25.7 Å². The molecule has 8 heteroatoms. The largest absolute Gasteiger partial charge is 0.342 e. The number of piperidine rings is 1. The highest BCUT2D eigenvalue weighted by atomic mass is 32.1. The molecule has 0 saturated carbocycles. The number of hydrogen-bond donors (Lipinski definition) is 0. The van der Waals surface area contributed by atoms with Gasteiger partial charge in [0.05, 0.1) is 23.9 Å². The molecule has 2 aromatic heterocycles. The summed E-state index contributed by atoms with van der Waals surface area (Å²) in [7, 11) is 0. The Morgan fingerprint density at radius 1 is 0.972 bits per heavy atom. The van der Waals surface area contributed by atoms with Crippen molar-refractivity contribution in [2.75, 3.05) is 13.1 Å². The summed E-state index contributed by atoms with van der Waals surface area (Å²) in [6.45, 7) is 15.6. The van der Waals surface area contributed by atoms with E-state index in [9.17, 15) is 4.79 Å². The topological polar surface area (TPSA) is 69.5 Å². The number of fused-ring (bicyclic) bond motifs is 1. The molecule has 0 spiro atoms. The molecule has 0 N–H and O–H groups in total. The van der Waals surface area contributed by atoms with E-state index in [2.05, 4.69) is 38.2 Å². The Kier molecular flexibility index (Phi) is 7.03. The van der Waals surface area contributed by atoms with Gasteiger partial charge >= 0.3 is 0 Å². The van der Waals surface area contributed by atoms with E-state index in [1.165, 1.54) is 33.4 Å². The molecule has 0 bridgehead atoms. The molecule has 2 aliphatic rings. The molecule has 7 nitrogen and oxygen atoms in total. The molecule has 1 saturated heterocycles. The molecule has 5 rings (SSSR count). The number of benzene rings is 1. The van der Waals surface area contributed by atoms with Crippen LogP contribution in [0.25, 0.3) is 0 Å². The van der Waals surface area contributed by atoms with E-state index in [0.717, 1.165) is 48.0 Å². The monoisotopic (exact) mass is 508 g/mol. The normalized spacial score (nSPS) is 17.3. The van der Waals surface area contributed by atoms with Gasteiger partial charge in [-0.05, 0) is 93.8 Å². The lowest BCUT2D eigenvalue weighted by atomic mass is 9.89. The Balaban J connectivity index is 1.20. The van der Waals surface area contributed by atoms with Gasteiger partial charge in [-0.15, -0.1) is 11.3 Å². The number of carbonyl (C=O) groups is 1. The number of aromatic nitrogens is 3. The Morgan fingerprint density at radius 3 is 2.14 bits per heavy atom. The third-order valence-corrected chi connectivity index (χ3v) is 9.11. The number of nitrogens with zero attached hydrogens (tertiary/aromatic N) is 4. The molecule has 1 amide bonds. The first-order chi connectivity index (χ1) is 17.2. The zero-order valence-electron chi connectivity index (χ0n) is 22.2. The van der Waals surface area contributed by atoms with E-state index in [4.69, 9.17) is 14.5 Å². The van der Waals surface area contributed by atoms with Gasteiger partial charge in [0.2, 0.25) is 12.2 Å². The smallest absolute Gasteiger partial charge is 0.244 e. The minimum atomic E-state index is -0.454. The van der Waals surface area contributed by atoms with E-state index in [1.54, 1.807) is 16.0 Å². The number of amides is 1. The molecule has 0 radical (unpaired) electrons. The van der Waals surface area contributed by atoms with Crippen LogP contribution >= 0.6 is 11.3 Å². The SMILES string of the molecule is Cc1cc(C)n(CC(=O)N2CCC(c3nc(C4OCc5c(C)c(C)c(C)c(C)c5CO4)cs3)CC2)n1. The quantitative estimate of drug-likeness (QED) is 0.476. The summed E-state index contributed by atoms with van der Waals surface area (Å²) in [5.41, 5.74) is 10.6. The van der Waals surface area contributed by atoms with Gasteiger partial charge in [-0.1, -0.05) is 0 Å². The standard InChI is InChI=1S/C28H36N4O3S/c1-16-11-17(2)32(30-16)12-26(33)31-9-7-22(8-10-31)27-29-25(15-36-27)28-34-13-23-20(5)18(3)19(4)21(6)24(23)14-35-28/h11,15,22,28H,7-10,12-14H2,1-6H3. The Labute approximate surface area is 217 Å². The zero-order chi connectivity index (χ0) is 25.6. The van der Waals surface area contributed by atoms with Crippen LogP contribution in [0.2, 0.25) is 0 Å². The van der Waals surface area contributed by atoms with Crippen LogP contribution in [0.5, 0.6) is 0 Å². The van der Waals surface area contributed by atoms with Gasteiger partial charge in [0.25, 0.3) is 0 Å². The highest BCUT2D eigenvalue weighted by Crippen LogP contribution is 2.36. The maximum absolute atomic E-state index is 12.8. The van der Waals surface area contributed by atoms with Crippen LogP contribution in [0.4, 0.5) is 0 Å². The molecule has 3 aromatic rings. The zero-order valence-corrected chi connectivity index (χ0v) is 23.0. The van der Waals surface area contributed by atoms with E-state index < -0.39 is 6.29 Å². The second kappa shape index (κ2) is 10.1. The van der Waals surface area contributed by atoms with Gasteiger partial charge in [0.1, 0.15) is 12.2 Å². The second-order valence-electron chi connectivity index (χ2n) is 10.3. The fourth-order valence-corrected chi connectivity index (χ4v) is 6.42. The van der Waals surface area contributed by atoms with E-state index >= 15 is 0 Å². The molecular weight excluding hydrogens is 472 g/mol. The molecule has 1 fully saturated rings. The number of likely N-dealkylation sites (tertiary alicyclic amines) is 1. The molecule has 0 atom stereocenters. The van der Waals surface area contributed by atoms with Crippen LogP contribution < -0.4 is 0 Å². The Bertz CT molecular complexity index is 1250. The van der Waals surface area contributed by atoms with Gasteiger partial charge in [-0.25, -0.2) is 4.98 Å². The van der Waals surface area contributed by atoms with Crippen molar-refractivity contribution in [1.29, 1.82) is 0 Å². The van der Waals surface area contributed by atoms with Crippen molar-refractivity contribution in [1.82, 2.24) is 19.7 Å². The summed E-state index contributed by atoms with van der Waals surface area (Å²) in [6, 6.07) is 2.00. The average Bonchev–Trinajstić information content (AvgIpc) is 3.40. The predicted molar refractivity (Wildman–Crippen MR) is 140 cm³/mol. The number of ether oxygens (including phenoxy) is 2. The summed E-state index contributed by atoms with van der Waals surface area (Å²) in [4.78, 5) is 19.7. The lowest BCUT2D eigenvalue weighted by Gasteiger charge is -2.31. The van der Waals surface area contributed by atoms with Crippen LogP contribution in [-0.2, 0) is 34.0 Å². The number of thiazole rings is 1. The minimum Gasteiger partial charge on any atom is -0.342 e. The molecule has 2 aliphatic heterocycles. The van der Waals surface area contributed by atoms with Gasteiger partial charge in [-0.2, -0.15) is 5.10 Å². The Morgan fingerprint density at radius 2 is 1.58 bits per heavy atom. The number of aryl methyl sites for hydroxylation is 2. The van der Waals surface area contributed by atoms with Gasteiger partial charge < -0.3 is 14.4 Å². The maximum atomic E-state index is 12.8. The lowest BCUT2D eigenvalue weighted by molar-refractivity contribution is -0.155. The van der Waals surface area contributed by atoms with Gasteiger partial charge in [-0.3, -0.25) is 9.48 Å². The van der Waals surface area contributed by atoms with E-state index in [1.807, 2.05) is 24.8 Å². The molecule has 0 unspecified atom stereocenters. The number of carbonyl (C=O) groups excluding carboxylic acids is 1. The van der Waals surface area contributed by atoms with Crippen molar-refractivity contribution >= 4 is 17.2 Å². The van der Waals surface area contributed by atoms with Crippen LogP contribution in [0.15, 0.2) is 11.4 Å². The maximum Gasteiger partial charge on any atom is 0.244 e. The first-order valence-corrected chi connectivity index (χ1v) is 13.7. The summed E-state index contributed by atoms with van der Waals surface area (Å²) < 4.78 is 14.2. The Hall–Kier alpha value is -2.55. The van der Waals surface area contributed by atoms with Crippen LogP contribution in [0.1, 0.15) is 80.5 Å². The molecule has 192 valence electrons.